The minimum Gasteiger partial charge on any atom is -0.336 e. The lowest BCUT2D eigenvalue weighted by molar-refractivity contribution is -0.132. The SMILES string of the molecule is CC(=O)N1CCCCC1c1ccncc1. The number of carbonyl (C=O) groups excluding carboxylic acids is 1. The number of hydrogen-bond acceptors (Lipinski definition) is 2. The van der Waals surface area contributed by atoms with Gasteiger partial charge in [0, 0.05) is 25.9 Å². The van der Waals surface area contributed by atoms with Crippen LogP contribution in [-0.2, 0) is 4.79 Å². The quantitative estimate of drug-likeness (QED) is 0.702. The zero-order valence-corrected chi connectivity index (χ0v) is 9.02. The Morgan fingerprint density at radius 3 is 2.80 bits per heavy atom. The van der Waals surface area contributed by atoms with E-state index in [1.807, 2.05) is 17.0 Å². The molecule has 3 nitrogen and oxygen atoms in total. The summed E-state index contributed by atoms with van der Waals surface area (Å²) in [6.07, 6.45) is 6.99. The van der Waals surface area contributed by atoms with Crippen molar-refractivity contribution in [3.8, 4) is 0 Å². The summed E-state index contributed by atoms with van der Waals surface area (Å²) >= 11 is 0. The maximum atomic E-state index is 11.5. The van der Waals surface area contributed by atoms with Crippen molar-refractivity contribution in [1.29, 1.82) is 0 Å². The Morgan fingerprint density at radius 2 is 2.13 bits per heavy atom. The van der Waals surface area contributed by atoms with Gasteiger partial charge in [-0.2, -0.15) is 0 Å². The predicted molar refractivity (Wildman–Crippen MR) is 58.2 cm³/mol. The molecular formula is C12H16N2O. The molecule has 1 aromatic heterocycles. The van der Waals surface area contributed by atoms with Gasteiger partial charge in [-0.1, -0.05) is 0 Å². The number of hydrogen-bond donors (Lipinski definition) is 0. The number of piperidine rings is 1. The molecule has 0 saturated carbocycles. The van der Waals surface area contributed by atoms with E-state index in [-0.39, 0.29) is 11.9 Å². The number of amides is 1. The van der Waals surface area contributed by atoms with Crippen LogP contribution in [0, 0.1) is 0 Å². The smallest absolute Gasteiger partial charge is 0.219 e. The fraction of sp³-hybridized carbons (Fsp3) is 0.500. The monoisotopic (exact) mass is 204 g/mol. The van der Waals surface area contributed by atoms with Gasteiger partial charge in [-0.15, -0.1) is 0 Å². The van der Waals surface area contributed by atoms with E-state index >= 15 is 0 Å². The lowest BCUT2D eigenvalue weighted by Crippen LogP contribution is -2.36. The maximum absolute atomic E-state index is 11.5. The van der Waals surface area contributed by atoms with Gasteiger partial charge in [0.05, 0.1) is 6.04 Å². The first-order chi connectivity index (χ1) is 7.29. The molecule has 0 N–H and O–H groups in total. The number of likely N-dealkylation sites (tertiary alicyclic amines) is 1. The second kappa shape index (κ2) is 4.43. The Hall–Kier alpha value is -1.38. The molecule has 1 aliphatic heterocycles. The average Bonchev–Trinajstić information content (AvgIpc) is 2.30. The number of nitrogens with zero attached hydrogens (tertiary/aromatic N) is 2. The van der Waals surface area contributed by atoms with E-state index in [9.17, 15) is 4.79 Å². The topological polar surface area (TPSA) is 33.2 Å². The third kappa shape index (κ3) is 2.17. The Kier molecular flexibility index (Phi) is 2.99. The zero-order valence-electron chi connectivity index (χ0n) is 9.02. The molecule has 2 rings (SSSR count). The van der Waals surface area contributed by atoms with Crippen LogP contribution in [0.1, 0.15) is 37.8 Å². The molecule has 2 heterocycles. The molecule has 1 amide bonds. The molecule has 1 aromatic rings. The fourth-order valence-electron chi connectivity index (χ4n) is 2.24. The molecular weight excluding hydrogens is 188 g/mol. The highest BCUT2D eigenvalue weighted by Crippen LogP contribution is 2.30. The Labute approximate surface area is 90.1 Å². The molecule has 3 heteroatoms. The summed E-state index contributed by atoms with van der Waals surface area (Å²) in [7, 11) is 0. The van der Waals surface area contributed by atoms with Crippen LogP contribution in [0.15, 0.2) is 24.5 Å². The summed E-state index contributed by atoms with van der Waals surface area (Å²) < 4.78 is 0. The summed E-state index contributed by atoms with van der Waals surface area (Å²) in [5.41, 5.74) is 1.21. The number of pyridine rings is 1. The molecule has 0 aromatic carbocycles. The van der Waals surface area contributed by atoms with Gasteiger partial charge in [0.25, 0.3) is 0 Å². The van der Waals surface area contributed by atoms with Crippen molar-refractivity contribution in [2.45, 2.75) is 32.2 Å². The summed E-state index contributed by atoms with van der Waals surface area (Å²) in [6, 6.07) is 4.27. The second-order valence-electron chi connectivity index (χ2n) is 4.00. The minimum atomic E-state index is 0.177. The average molecular weight is 204 g/mol. The van der Waals surface area contributed by atoms with Crippen molar-refractivity contribution >= 4 is 5.91 Å². The van der Waals surface area contributed by atoms with Crippen LogP contribution >= 0.6 is 0 Å². The summed E-state index contributed by atoms with van der Waals surface area (Å²) in [4.78, 5) is 17.5. The van der Waals surface area contributed by atoms with Crippen LogP contribution in [0.2, 0.25) is 0 Å². The molecule has 0 radical (unpaired) electrons. The Bertz CT molecular complexity index is 337. The van der Waals surface area contributed by atoms with Crippen LogP contribution in [0.5, 0.6) is 0 Å². The van der Waals surface area contributed by atoms with Gasteiger partial charge in [-0.3, -0.25) is 9.78 Å². The first kappa shape index (κ1) is 10.1. The molecule has 1 fully saturated rings. The first-order valence-corrected chi connectivity index (χ1v) is 5.46. The molecule has 1 saturated heterocycles. The van der Waals surface area contributed by atoms with E-state index in [2.05, 4.69) is 4.98 Å². The first-order valence-electron chi connectivity index (χ1n) is 5.46. The van der Waals surface area contributed by atoms with Gasteiger partial charge in [0.2, 0.25) is 5.91 Å². The summed E-state index contributed by atoms with van der Waals surface area (Å²) in [6.45, 7) is 2.54. The fourth-order valence-corrected chi connectivity index (χ4v) is 2.24. The van der Waals surface area contributed by atoms with Crippen molar-refractivity contribution in [3.05, 3.63) is 30.1 Å². The zero-order chi connectivity index (χ0) is 10.7. The third-order valence-corrected chi connectivity index (χ3v) is 3.00. The highest BCUT2D eigenvalue weighted by Gasteiger charge is 2.25. The largest absolute Gasteiger partial charge is 0.336 e. The number of rotatable bonds is 1. The van der Waals surface area contributed by atoms with Gasteiger partial charge < -0.3 is 4.90 Å². The van der Waals surface area contributed by atoms with Gasteiger partial charge >= 0.3 is 0 Å². The van der Waals surface area contributed by atoms with Gasteiger partial charge in [0.1, 0.15) is 0 Å². The van der Waals surface area contributed by atoms with E-state index in [1.54, 1.807) is 19.3 Å². The molecule has 1 aliphatic rings. The highest BCUT2D eigenvalue weighted by molar-refractivity contribution is 5.73. The van der Waals surface area contributed by atoms with Crippen LogP contribution in [0.25, 0.3) is 0 Å². The standard InChI is InChI=1S/C12H16N2O/c1-10(15)14-9-3-2-4-12(14)11-5-7-13-8-6-11/h5-8,12H,2-4,9H2,1H3. The van der Waals surface area contributed by atoms with E-state index in [4.69, 9.17) is 0 Å². The van der Waals surface area contributed by atoms with Crippen molar-refractivity contribution < 1.29 is 4.79 Å². The minimum absolute atomic E-state index is 0.177. The molecule has 0 aliphatic carbocycles. The molecule has 15 heavy (non-hydrogen) atoms. The van der Waals surface area contributed by atoms with E-state index in [0.29, 0.717) is 0 Å². The van der Waals surface area contributed by atoms with Crippen molar-refractivity contribution in [2.24, 2.45) is 0 Å². The van der Waals surface area contributed by atoms with E-state index in [1.165, 1.54) is 12.0 Å². The van der Waals surface area contributed by atoms with Gasteiger partial charge in [0.15, 0.2) is 0 Å². The molecule has 0 spiro atoms. The van der Waals surface area contributed by atoms with Crippen LogP contribution in [-0.4, -0.2) is 22.3 Å². The lowest BCUT2D eigenvalue weighted by Gasteiger charge is -2.35. The lowest BCUT2D eigenvalue weighted by atomic mass is 9.96. The Balaban J connectivity index is 2.22. The van der Waals surface area contributed by atoms with Gasteiger partial charge in [-0.25, -0.2) is 0 Å². The molecule has 1 atom stereocenters. The van der Waals surface area contributed by atoms with Gasteiger partial charge in [-0.05, 0) is 37.0 Å². The number of carbonyl (C=O) groups is 1. The van der Waals surface area contributed by atoms with E-state index < -0.39 is 0 Å². The predicted octanol–water partition coefficient (Wildman–Crippen LogP) is 2.16. The van der Waals surface area contributed by atoms with Crippen molar-refractivity contribution in [3.63, 3.8) is 0 Å². The van der Waals surface area contributed by atoms with Crippen molar-refractivity contribution in [2.75, 3.05) is 6.54 Å². The number of aromatic nitrogens is 1. The maximum Gasteiger partial charge on any atom is 0.219 e. The molecule has 80 valence electrons. The van der Waals surface area contributed by atoms with Crippen LogP contribution in [0.3, 0.4) is 0 Å². The van der Waals surface area contributed by atoms with E-state index in [0.717, 1.165) is 19.4 Å². The van der Waals surface area contributed by atoms with Crippen LogP contribution in [0.4, 0.5) is 0 Å². The third-order valence-electron chi connectivity index (χ3n) is 3.00. The molecule has 1 unspecified atom stereocenters. The summed E-state index contributed by atoms with van der Waals surface area (Å²) in [5.74, 6) is 0.177. The summed E-state index contributed by atoms with van der Waals surface area (Å²) in [5, 5.41) is 0. The normalized spacial score (nSPS) is 21.4. The molecule has 0 bridgehead atoms. The van der Waals surface area contributed by atoms with Crippen molar-refractivity contribution in [1.82, 2.24) is 9.88 Å². The van der Waals surface area contributed by atoms with Crippen LogP contribution < -0.4 is 0 Å². The Morgan fingerprint density at radius 1 is 1.40 bits per heavy atom. The second-order valence-corrected chi connectivity index (χ2v) is 4.00. The highest BCUT2D eigenvalue weighted by atomic mass is 16.2.